The van der Waals surface area contributed by atoms with Crippen LogP contribution in [-0.4, -0.2) is 15.5 Å². The van der Waals surface area contributed by atoms with Gasteiger partial charge in [0.1, 0.15) is 17.4 Å². The summed E-state index contributed by atoms with van der Waals surface area (Å²) in [6.07, 6.45) is 0. The molecular formula is C14H13F2NO3S. The highest BCUT2D eigenvalue weighted by atomic mass is 32.2. The average Bonchev–Trinajstić information content (AvgIpc) is 2.37. The summed E-state index contributed by atoms with van der Waals surface area (Å²) in [4.78, 5) is -0.497. The number of halogens is 2. The molecule has 0 unspecified atom stereocenters. The third-order valence-corrected chi connectivity index (χ3v) is 4.09. The Kier molecular flexibility index (Phi) is 4.13. The Morgan fingerprint density at radius 2 is 1.67 bits per heavy atom. The second-order valence-corrected chi connectivity index (χ2v) is 6.10. The van der Waals surface area contributed by atoms with Crippen LogP contribution >= 0.6 is 0 Å². The minimum absolute atomic E-state index is 0.196. The maximum atomic E-state index is 13.1. The molecule has 0 aliphatic heterocycles. The Morgan fingerprint density at radius 3 is 2.24 bits per heavy atom. The van der Waals surface area contributed by atoms with Crippen molar-refractivity contribution in [3.8, 4) is 5.75 Å². The first kappa shape index (κ1) is 15.2. The Bertz CT molecular complexity index is 756. The zero-order valence-electron chi connectivity index (χ0n) is 11.4. The summed E-state index contributed by atoms with van der Waals surface area (Å²) in [6.45, 7) is 1.78. The van der Waals surface area contributed by atoms with Crippen LogP contribution in [-0.2, 0) is 10.0 Å². The fraction of sp³-hybridized carbons (Fsp3) is 0.143. The number of anilines is 1. The summed E-state index contributed by atoms with van der Waals surface area (Å²) >= 11 is 0. The lowest BCUT2D eigenvalue weighted by atomic mass is 10.2. The van der Waals surface area contributed by atoms with E-state index >= 15 is 0 Å². The molecule has 1 N–H and O–H groups in total. The largest absolute Gasteiger partial charge is 0.495 e. The molecule has 112 valence electrons. The van der Waals surface area contributed by atoms with Gasteiger partial charge in [0.25, 0.3) is 10.0 Å². The van der Waals surface area contributed by atoms with Crippen molar-refractivity contribution in [2.45, 2.75) is 11.8 Å². The zero-order chi connectivity index (χ0) is 15.6. The van der Waals surface area contributed by atoms with Gasteiger partial charge >= 0.3 is 0 Å². The Balaban J connectivity index is 2.44. The maximum Gasteiger partial charge on any atom is 0.262 e. The molecule has 21 heavy (non-hydrogen) atoms. The smallest absolute Gasteiger partial charge is 0.262 e. The molecule has 2 aromatic carbocycles. The molecule has 0 saturated heterocycles. The molecule has 0 aliphatic carbocycles. The van der Waals surface area contributed by atoms with Gasteiger partial charge in [-0.25, -0.2) is 17.2 Å². The topological polar surface area (TPSA) is 55.4 Å². The van der Waals surface area contributed by atoms with Crippen LogP contribution in [0.4, 0.5) is 14.5 Å². The Labute approximate surface area is 121 Å². The summed E-state index contributed by atoms with van der Waals surface area (Å²) in [5.41, 5.74) is 1.00. The fourth-order valence-electron chi connectivity index (χ4n) is 1.79. The molecular weight excluding hydrogens is 300 g/mol. The van der Waals surface area contributed by atoms with Crippen molar-refractivity contribution in [2.75, 3.05) is 11.8 Å². The lowest BCUT2D eigenvalue weighted by Gasteiger charge is -2.12. The van der Waals surface area contributed by atoms with Crippen molar-refractivity contribution >= 4 is 15.7 Å². The van der Waals surface area contributed by atoms with Crippen molar-refractivity contribution in [1.82, 2.24) is 0 Å². The van der Waals surface area contributed by atoms with E-state index in [1.165, 1.54) is 7.11 Å². The van der Waals surface area contributed by atoms with Gasteiger partial charge in [-0.1, -0.05) is 6.07 Å². The molecule has 0 bridgehead atoms. The summed E-state index contributed by atoms with van der Waals surface area (Å²) in [6, 6.07) is 7.00. The molecule has 0 saturated carbocycles. The summed E-state index contributed by atoms with van der Waals surface area (Å²) in [5.74, 6) is -1.63. The van der Waals surface area contributed by atoms with Crippen molar-refractivity contribution in [3.63, 3.8) is 0 Å². The van der Waals surface area contributed by atoms with Crippen LogP contribution < -0.4 is 9.46 Å². The van der Waals surface area contributed by atoms with E-state index in [1.807, 2.05) is 0 Å². The summed E-state index contributed by atoms with van der Waals surface area (Å²) in [7, 11) is -2.72. The Hall–Kier alpha value is -2.15. The minimum Gasteiger partial charge on any atom is -0.495 e. The van der Waals surface area contributed by atoms with Crippen LogP contribution in [0.25, 0.3) is 0 Å². The molecule has 2 aromatic rings. The molecule has 0 spiro atoms. The molecule has 0 aromatic heterocycles. The predicted molar refractivity (Wildman–Crippen MR) is 74.9 cm³/mol. The number of rotatable bonds is 4. The highest BCUT2D eigenvalue weighted by Gasteiger charge is 2.18. The molecule has 0 amide bonds. The van der Waals surface area contributed by atoms with Gasteiger partial charge in [-0.15, -0.1) is 0 Å². The minimum atomic E-state index is -4.12. The van der Waals surface area contributed by atoms with Crippen LogP contribution in [0.1, 0.15) is 5.56 Å². The fourth-order valence-corrected chi connectivity index (χ4v) is 2.89. The standard InChI is InChI=1S/C14H13F2NO3S/c1-9-3-4-14(20-2)13(5-9)17-21(18,19)12-7-10(15)6-11(16)8-12/h3-8,17H,1-2H3. The van der Waals surface area contributed by atoms with Gasteiger partial charge in [0, 0.05) is 6.07 Å². The van der Waals surface area contributed by atoms with Gasteiger partial charge in [-0.05, 0) is 36.8 Å². The van der Waals surface area contributed by atoms with Crippen LogP contribution in [0.5, 0.6) is 5.75 Å². The Morgan fingerprint density at radius 1 is 1.05 bits per heavy atom. The zero-order valence-corrected chi connectivity index (χ0v) is 12.2. The molecule has 0 aliphatic rings. The predicted octanol–water partition coefficient (Wildman–Crippen LogP) is 3.08. The lowest BCUT2D eigenvalue weighted by molar-refractivity contribution is 0.417. The van der Waals surface area contributed by atoms with E-state index in [0.29, 0.717) is 11.8 Å². The van der Waals surface area contributed by atoms with Gasteiger partial charge in [0.05, 0.1) is 17.7 Å². The second kappa shape index (κ2) is 5.69. The first-order valence-electron chi connectivity index (χ1n) is 5.95. The number of benzene rings is 2. The van der Waals surface area contributed by atoms with E-state index in [-0.39, 0.29) is 5.69 Å². The van der Waals surface area contributed by atoms with E-state index in [0.717, 1.165) is 17.7 Å². The molecule has 0 fully saturated rings. The third-order valence-electron chi connectivity index (χ3n) is 2.75. The van der Waals surface area contributed by atoms with E-state index in [4.69, 9.17) is 4.74 Å². The summed E-state index contributed by atoms with van der Waals surface area (Å²) in [5, 5.41) is 0. The van der Waals surface area contributed by atoms with Gasteiger partial charge in [0.2, 0.25) is 0 Å². The number of hydrogen-bond acceptors (Lipinski definition) is 3. The van der Waals surface area contributed by atoms with E-state index in [2.05, 4.69) is 4.72 Å². The summed E-state index contributed by atoms with van der Waals surface area (Å²) < 4.78 is 58.0. The van der Waals surface area contributed by atoms with Crippen molar-refractivity contribution in [2.24, 2.45) is 0 Å². The SMILES string of the molecule is COc1ccc(C)cc1NS(=O)(=O)c1cc(F)cc(F)c1. The van der Waals surface area contributed by atoms with Crippen LogP contribution in [0.15, 0.2) is 41.3 Å². The number of nitrogens with one attached hydrogen (secondary N) is 1. The highest BCUT2D eigenvalue weighted by Crippen LogP contribution is 2.28. The number of methoxy groups -OCH3 is 1. The van der Waals surface area contributed by atoms with Gasteiger partial charge in [0.15, 0.2) is 0 Å². The monoisotopic (exact) mass is 313 g/mol. The van der Waals surface area contributed by atoms with Crippen LogP contribution in [0.2, 0.25) is 0 Å². The van der Waals surface area contributed by atoms with Crippen molar-refractivity contribution < 1.29 is 21.9 Å². The second-order valence-electron chi connectivity index (χ2n) is 4.41. The van der Waals surface area contributed by atoms with Crippen molar-refractivity contribution in [3.05, 3.63) is 53.6 Å². The first-order valence-corrected chi connectivity index (χ1v) is 7.44. The average molecular weight is 313 g/mol. The van der Waals surface area contributed by atoms with E-state index in [1.54, 1.807) is 25.1 Å². The molecule has 7 heteroatoms. The molecule has 4 nitrogen and oxygen atoms in total. The van der Waals surface area contributed by atoms with Gasteiger partial charge < -0.3 is 4.74 Å². The third kappa shape index (κ3) is 3.49. The van der Waals surface area contributed by atoms with Gasteiger partial charge in [-0.2, -0.15) is 0 Å². The first-order chi connectivity index (χ1) is 9.81. The molecule has 0 heterocycles. The van der Waals surface area contributed by atoms with Gasteiger partial charge in [-0.3, -0.25) is 4.72 Å². The maximum absolute atomic E-state index is 13.1. The molecule has 0 radical (unpaired) electrons. The quantitative estimate of drug-likeness (QED) is 0.944. The van der Waals surface area contributed by atoms with E-state index < -0.39 is 26.6 Å². The number of hydrogen-bond donors (Lipinski definition) is 1. The number of sulfonamides is 1. The number of aryl methyl sites for hydroxylation is 1. The van der Waals surface area contributed by atoms with Crippen LogP contribution in [0, 0.1) is 18.6 Å². The van der Waals surface area contributed by atoms with E-state index in [9.17, 15) is 17.2 Å². The van der Waals surface area contributed by atoms with Crippen LogP contribution in [0.3, 0.4) is 0 Å². The highest BCUT2D eigenvalue weighted by molar-refractivity contribution is 7.92. The number of ether oxygens (including phenoxy) is 1. The lowest BCUT2D eigenvalue weighted by Crippen LogP contribution is -2.14. The van der Waals surface area contributed by atoms with Crippen molar-refractivity contribution in [1.29, 1.82) is 0 Å². The normalized spacial score (nSPS) is 11.2. The molecule has 2 rings (SSSR count). The molecule has 0 atom stereocenters.